The zero-order valence-electron chi connectivity index (χ0n) is 12.5. The Bertz CT molecular complexity index is 1030. The number of aromatic nitrogens is 3. The van der Waals surface area contributed by atoms with E-state index in [1.54, 1.807) is 4.52 Å². The van der Waals surface area contributed by atoms with E-state index in [1.807, 2.05) is 31.2 Å². The number of benzene rings is 1. The van der Waals surface area contributed by atoms with Gasteiger partial charge < -0.3 is 5.32 Å². The van der Waals surface area contributed by atoms with Gasteiger partial charge in [0.05, 0.1) is 22.7 Å². The summed E-state index contributed by atoms with van der Waals surface area (Å²) in [6.07, 6.45) is 0.593. The summed E-state index contributed by atoms with van der Waals surface area (Å²) in [6.45, 7) is 1.84. The van der Waals surface area contributed by atoms with Crippen molar-refractivity contribution in [3.05, 3.63) is 35.0 Å². The van der Waals surface area contributed by atoms with E-state index in [4.69, 9.17) is 11.6 Å². The number of sulfone groups is 1. The zero-order valence-corrected chi connectivity index (χ0v) is 14.0. The SMILES string of the molecule is Cc1nn2c(nc(N[C@H]3CCS(=O)(=O)C3)c3ccccc32)c1Cl. The molecule has 1 saturated heterocycles. The first-order valence-electron chi connectivity index (χ1n) is 7.35. The molecule has 0 spiro atoms. The van der Waals surface area contributed by atoms with Gasteiger partial charge in [0.1, 0.15) is 10.8 Å². The van der Waals surface area contributed by atoms with Gasteiger partial charge in [0, 0.05) is 11.4 Å². The minimum absolute atomic E-state index is 0.124. The fraction of sp³-hybridized carbons (Fsp3) is 0.333. The number of nitrogens with one attached hydrogen (secondary N) is 1. The van der Waals surface area contributed by atoms with Crippen molar-refractivity contribution in [2.75, 3.05) is 16.8 Å². The lowest BCUT2D eigenvalue weighted by atomic mass is 10.2. The molecule has 0 saturated carbocycles. The molecule has 0 amide bonds. The van der Waals surface area contributed by atoms with Crippen LogP contribution in [0, 0.1) is 6.92 Å². The van der Waals surface area contributed by atoms with Crippen LogP contribution in [0.25, 0.3) is 16.6 Å². The highest BCUT2D eigenvalue weighted by Crippen LogP contribution is 2.29. The van der Waals surface area contributed by atoms with Crippen molar-refractivity contribution in [2.24, 2.45) is 0 Å². The van der Waals surface area contributed by atoms with E-state index in [2.05, 4.69) is 15.4 Å². The maximum absolute atomic E-state index is 11.7. The summed E-state index contributed by atoms with van der Waals surface area (Å²) in [6, 6.07) is 7.61. The number of anilines is 1. The van der Waals surface area contributed by atoms with Crippen LogP contribution in [-0.4, -0.2) is 40.6 Å². The van der Waals surface area contributed by atoms with E-state index < -0.39 is 9.84 Å². The van der Waals surface area contributed by atoms with E-state index >= 15 is 0 Å². The third-order valence-corrected chi connectivity index (χ3v) is 6.35. The highest BCUT2D eigenvalue weighted by atomic mass is 35.5. The second kappa shape index (κ2) is 5.07. The quantitative estimate of drug-likeness (QED) is 0.768. The number of hydrogen-bond donors (Lipinski definition) is 1. The molecule has 6 nitrogen and oxygen atoms in total. The minimum atomic E-state index is -2.95. The van der Waals surface area contributed by atoms with Gasteiger partial charge in [-0.25, -0.2) is 17.9 Å². The van der Waals surface area contributed by atoms with Gasteiger partial charge in [-0.05, 0) is 25.5 Å². The van der Waals surface area contributed by atoms with E-state index in [-0.39, 0.29) is 17.5 Å². The Balaban J connectivity index is 1.89. The average molecular weight is 351 g/mol. The molecule has 0 radical (unpaired) electrons. The first-order chi connectivity index (χ1) is 10.9. The van der Waals surface area contributed by atoms with E-state index in [0.29, 0.717) is 28.6 Å². The lowest BCUT2D eigenvalue weighted by Crippen LogP contribution is -2.21. The molecule has 1 fully saturated rings. The Morgan fingerprint density at radius 1 is 1.35 bits per heavy atom. The molecule has 3 aromatic rings. The molecular weight excluding hydrogens is 336 g/mol. The monoisotopic (exact) mass is 350 g/mol. The molecule has 0 bridgehead atoms. The number of fused-ring (bicyclic) bond motifs is 3. The lowest BCUT2D eigenvalue weighted by molar-refractivity contribution is 0.602. The topological polar surface area (TPSA) is 76.4 Å². The summed E-state index contributed by atoms with van der Waals surface area (Å²) in [5, 5.41) is 9.12. The van der Waals surface area contributed by atoms with Crippen LogP contribution in [-0.2, 0) is 9.84 Å². The number of rotatable bonds is 2. The Kier molecular flexibility index (Phi) is 3.24. The summed E-state index contributed by atoms with van der Waals surface area (Å²) < 4.78 is 25.1. The normalized spacial score (nSPS) is 20.3. The lowest BCUT2D eigenvalue weighted by Gasteiger charge is -2.14. The van der Waals surface area contributed by atoms with Crippen LogP contribution < -0.4 is 5.32 Å². The number of nitrogens with zero attached hydrogens (tertiary/aromatic N) is 3. The molecule has 120 valence electrons. The van der Waals surface area contributed by atoms with Gasteiger partial charge in [0.2, 0.25) is 0 Å². The van der Waals surface area contributed by atoms with Crippen molar-refractivity contribution in [2.45, 2.75) is 19.4 Å². The summed E-state index contributed by atoms with van der Waals surface area (Å²) >= 11 is 6.31. The smallest absolute Gasteiger partial charge is 0.176 e. The first-order valence-corrected chi connectivity index (χ1v) is 9.55. The zero-order chi connectivity index (χ0) is 16.2. The average Bonchev–Trinajstić information content (AvgIpc) is 3.00. The second-order valence-electron chi connectivity index (χ2n) is 5.86. The van der Waals surface area contributed by atoms with Crippen LogP contribution in [0.2, 0.25) is 5.02 Å². The molecular formula is C15H15ClN4O2S. The van der Waals surface area contributed by atoms with Crippen LogP contribution in [0.15, 0.2) is 24.3 Å². The second-order valence-corrected chi connectivity index (χ2v) is 8.46. The molecule has 8 heteroatoms. The molecule has 2 aromatic heterocycles. The summed E-state index contributed by atoms with van der Waals surface area (Å²) in [4.78, 5) is 4.60. The molecule has 23 heavy (non-hydrogen) atoms. The summed E-state index contributed by atoms with van der Waals surface area (Å²) in [7, 11) is -2.95. The predicted molar refractivity (Wildman–Crippen MR) is 90.9 cm³/mol. The summed E-state index contributed by atoms with van der Waals surface area (Å²) in [5.74, 6) is 1.01. The fourth-order valence-corrected chi connectivity index (χ4v) is 4.83. The fourth-order valence-electron chi connectivity index (χ4n) is 3.00. The maximum atomic E-state index is 11.7. The molecule has 1 N–H and O–H groups in total. The van der Waals surface area contributed by atoms with Gasteiger partial charge in [0.15, 0.2) is 15.5 Å². The molecule has 3 heterocycles. The van der Waals surface area contributed by atoms with Crippen molar-refractivity contribution in [3.8, 4) is 0 Å². The van der Waals surface area contributed by atoms with Gasteiger partial charge in [-0.1, -0.05) is 23.7 Å². The highest BCUT2D eigenvalue weighted by molar-refractivity contribution is 7.91. The van der Waals surface area contributed by atoms with E-state index in [1.165, 1.54) is 0 Å². The molecule has 4 rings (SSSR count). The molecule has 1 aromatic carbocycles. The standard InChI is InChI=1S/C15H15ClN4O2S/c1-9-13(16)15-18-14(17-10-6-7-23(21,22)8-10)11-4-2-3-5-12(11)20(15)19-9/h2-5,10H,6-8H2,1H3,(H,17,18)/t10-/m0/s1. The van der Waals surface area contributed by atoms with Crippen molar-refractivity contribution >= 4 is 43.8 Å². The van der Waals surface area contributed by atoms with Gasteiger partial charge in [0.25, 0.3) is 0 Å². The van der Waals surface area contributed by atoms with Crippen molar-refractivity contribution < 1.29 is 8.42 Å². The largest absolute Gasteiger partial charge is 0.366 e. The van der Waals surface area contributed by atoms with Crippen LogP contribution in [0.5, 0.6) is 0 Å². The minimum Gasteiger partial charge on any atom is -0.366 e. The Hall–Kier alpha value is -1.86. The van der Waals surface area contributed by atoms with Gasteiger partial charge in [-0.2, -0.15) is 5.10 Å². The number of halogens is 1. The third kappa shape index (κ3) is 2.44. The molecule has 0 aliphatic carbocycles. The van der Waals surface area contributed by atoms with Crippen molar-refractivity contribution in [3.63, 3.8) is 0 Å². The summed E-state index contributed by atoms with van der Waals surface area (Å²) in [5.41, 5.74) is 2.17. The van der Waals surface area contributed by atoms with E-state index in [9.17, 15) is 8.42 Å². The first kappa shape index (κ1) is 14.7. The van der Waals surface area contributed by atoms with E-state index in [0.717, 1.165) is 10.9 Å². The Morgan fingerprint density at radius 3 is 2.87 bits per heavy atom. The third-order valence-electron chi connectivity index (χ3n) is 4.14. The Labute approximate surface area is 138 Å². The van der Waals surface area contributed by atoms with Crippen molar-refractivity contribution in [1.82, 2.24) is 14.6 Å². The van der Waals surface area contributed by atoms with Gasteiger partial charge >= 0.3 is 0 Å². The maximum Gasteiger partial charge on any atom is 0.176 e. The van der Waals surface area contributed by atoms with Gasteiger partial charge in [-0.3, -0.25) is 0 Å². The number of para-hydroxylation sites is 1. The molecule has 1 aliphatic heterocycles. The van der Waals surface area contributed by atoms with Gasteiger partial charge in [-0.15, -0.1) is 0 Å². The predicted octanol–water partition coefficient (Wildman–Crippen LogP) is 2.44. The molecule has 0 unspecified atom stereocenters. The highest BCUT2D eigenvalue weighted by Gasteiger charge is 2.28. The number of aryl methyl sites for hydroxylation is 1. The van der Waals surface area contributed by atoms with Crippen LogP contribution in [0.4, 0.5) is 5.82 Å². The van der Waals surface area contributed by atoms with Crippen LogP contribution >= 0.6 is 11.6 Å². The van der Waals surface area contributed by atoms with Crippen LogP contribution in [0.3, 0.4) is 0 Å². The molecule has 1 aliphatic rings. The van der Waals surface area contributed by atoms with Crippen molar-refractivity contribution in [1.29, 1.82) is 0 Å². The number of hydrogen-bond acceptors (Lipinski definition) is 5. The van der Waals surface area contributed by atoms with Crippen LogP contribution in [0.1, 0.15) is 12.1 Å². The Morgan fingerprint density at radius 2 is 2.13 bits per heavy atom. The molecule has 1 atom stereocenters.